The van der Waals surface area contributed by atoms with Crippen LogP contribution >= 0.6 is 11.6 Å². The van der Waals surface area contributed by atoms with Gasteiger partial charge in [0.05, 0.1) is 18.2 Å². The van der Waals surface area contributed by atoms with Gasteiger partial charge in [-0.25, -0.2) is 0 Å². The zero-order valence-corrected chi connectivity index (χ0v) is 20.8. The summed E-state index contributed by atoms with van der Waals surface area (Å²) >= 11 is 6.33. The largest absolute Gasteiger partial charge is 0.507 e. The third-order valence-electron chi connectivity index (χ3n) is 5.96. The molecule has 7 heteroatoms. The van der Waals surface area contributed by atoms with E-state index in [4.69, 9.17) is 16.3 Å². The minimum Gasteiger partial charge on any atom is -0.507 e. The highest BCUT2D eigenvalue weighted by molar-refractivity contribution is 6.52. The molecule has 1 fully saturated rings. The summed E-state index contributed by atoms with van der Waals surface area (Å²) in [6, 6.07) is 13.0. The van der Waals surface area contributed by atoms with Crippen molar-refractivity contribution >= 4 is 34.7 Å². The molecule has 1 unspecified atom stereocenters. The van der Waals surface area contributed by atoms with Crippen molar-refractivity contribution in [1.29, 1.82) is 0 Å². The number of benzene rings is 2. The number of ketones is 1. The Morgan fingerprint density at radius 3 is 2.57 bits per heavy atom. The van der Waals surface area contributed by atoms with Crippen molar-refractivity contribution in [3.63, 3.8) is 0 Å². The number of aliphatic hydroxyl groups excluding tert-OH is 1. The van der Waals surface area contributed by atoms with Gasteiger partial charge in [0.2, 0.25) is 0 Å². The van der Waals surface area contributed by atoms with Crippen LogP contribution in [0.1, 0.15) is 42.1 Å². The van der Waals surface area contributed by atoms with Crippen LogP contribution in [0, 0.1) is 19.8 Å². The van der Waals surface area contributed by atoms with Crippen LogP contribution < -0.4 is 9.64 Å². The van der Waals surface area contributed by atoms with Gasteiger partial charge in [0.25, 0.3) is 11.7 Å². The van der Waals surface area contributed by atoms with Crippen LogP contribution in [0.5, 0.6) is 5.75 Å². The van der Waals surface area contributed by atoms with Crippen LogP contribution in [0.25, 0.3) is 5.76 Å². The number of rotatable bonds is 6. The Hall–Kier alpha value is -3.64. The number of aliphatic hydroxyl groups is 1. The topological polar surface area (TPSA) is 79.7 Å². The Bertz CT molecular complexity index is 1320. The number of hydrogen-bond acceptors (Lipinski definition) is 5. The number of aromatic nitrogens is 1. The molecule has 2 aromatic carbocycles. The molecule has 1 aromatic heterocycles. The lowest BCUT2D eigenvalue weighted by atomic mass is 9.95. The predicted octanol–water partition coefficient (Wildman–Crippen LogP) is 6.01. The molecule has 0 spiro atoms. The van der Waals surface area contributed by atoms with Crippen LogP contribution in [0.15, 0.2) is 66.5 Å². The van der Waals surface area contributed by atoms with E-state index < -0.39 is 17.7 Å². The lowest BCUT2D eigenvalue weighted by Gasteiger charge is -2.26. The predicted molar refractivity (Wildman–Crippen MR) is 137 cm³/mol. The van der Waals surface area contributed by atoms with E-state index in [0.717, 1.165) is 5.56 Å². The summed E-state index contributed by atoms with van der Waals surface area (Å²) < 4.78 is 5.84. The highest BCUT2D eigenvalue weighted by Gasteiger charge is 2.47. The molecule has 180 valence electrons. The third-order valence-corrected chi connectivity index (χ3v) is 6.37. The number of carbonyl (C=O) groups is 2. The number of anilines is 1. The molecule has 0 radical (unpaired) electrons. The summed E-state index contributed by atoms with van der Waals surface area (Å²) in [7, 11) is 0. The molecule has 1 atom stereocenters. The van der Waals surface area contributed by atoms with Crippen molar-refractivity contribution in [3.05, 3.63) is 93.8 Å². The Morgan fingerprint density at radius 2 is 1.91 bits per heavy atom. The van der Waals surface area contributed by atoms with Crippen molar-refractivity contribution in [2.24, 2.45) is 5.92 Å². The number of Topliss-reactive ketones (excluding diaryl/α,β-unsaturated/α-hetero) is 1. The Morgan fingerprint density at radius 1 is 1.14 bits per heavy atom. The van der Waals surface area contributed by atoms with Crippen molar-refractivity contribution in [1.82, 2.24) is 4.98 Å². The van der Waals surface area contributed by atoms with Crippen molar-refractivity contribution < 1.29 is 19.4 Å². The molecule has 1 saturated heterocycles. The number of carbonyl (C=O) groups excluding carboxylic acids is 2. The van der Waals surface area contributed by atoms with E-state index in [9.17, 15) is 14.7 Å². The summed E-state index contributed by atoms with van der Waals surface area (Å²) in [5, 5.41) is 11.8. The minimum atomic E-state index is -0.863. The zero-order valence-electron chi connectivity index (χ0n) is 20.1. The first-order chi connectivity index (χ1) is 16.7. The quantitative estimate of drug-likeness (QED) is 0.260. The second-order valence-corrected chi connectivity index (χ2v) is 9.43. The van der Waals surface area contributed by atoms with Crippen LogP contribution in [0.2, 0.25) is 5.02 Å². The Labute approximate surface area is 209 Å². The first-order valence-electron chi connectivity index (χ1n) is 11.4. The molecule has 0 bridgehead atoms. The standard InChI is InChI=1S/C28H27ClN2O4/c1-16(2)15-35-23-11-10-19(13-17(23)3)26(32)24-25(20-7-6-12-30-14-20)31(28(34)27(24)33)22-9-5-8-21(29)18(22)4/h5-14,16,25,32H,15H2,1-4H3/b26-24+. The zero-order chi connectivity index (χ0) is 25.3. The average molecular weight is 491 g/mol. The van der Waals surface area contributed by atoms with Crippen LogP contribution in [0.3, 0.4) is 0 Å². The minimum absolute atomic E-state index is 0.00220. The number of halogens is 1. The molecule has 0 aliphatic carbocycles. The lowest BCUT2D eigenvalue weighted by molar-refractivity contribution is -0.132. The maximum absolute atomic E-state index is 13.3. The van der Waals surface area contributed by atoms with E-state index in [1.807, 2.05) is 6.92 Å². The Kier molecular flexibility index (Phi) is 6.94. The monoisotopic (exact) mass is 490 g/mol. The van der Waals surface area contributed by atoms with Crippen molar-refractivity contribution in [2.45, 2.75) is 33.7 Å². The summed E-state index contributed by atoms with van der Waals surface area (Å²) in [4.78, 5) is 32.2. The number of amides is 1. The maximum atomic E-state index is 13.3. The van der Waals surface area contributed by atoms with E-state index in [2.05, 4.69) is 18.8 Å². The number of nitrogens with zero attached hydrogens (tertiary/aromatic N) is 2. The van der Waals surface area contributed by atoms with Crippen molar-refractivity contribution in [3.8, 4) is 5.75 Å². The molecule has 1 aliphatic rings. The number of pyridine rings is 1. The molecule has 35 heavy (non-hydrogen) atoms. The fourth-order valence-electron chi connectivity index (χ4n) is 4.16. The van der Waals surface area contributed by atoms with Gasteiger partial charge in [0.1, 0.15) is 11.5 Å². The van der Waals surface area contributed by atoms with E-state index in [1.54, 1.807) is 67.8 Å². The van der Waals surface area contributed by atoms with Gasteiger partial charge in [-0.2, -0.15) is 0 Å². The molecule has 3 aromatic rings. The number of ether oxygens (including phenoxy) is 1. The number of aryl methyl sites for hydroxylation is 1. The van der Waals surface area contributed by atoms with Gasteiger partial charge >= 0.3 is 0 Å². The fourth-order valence-corrected chi connectivity index (χ4v) is 4.33. The van der Waals surface area contributed by atoms with E-state index in [0.29, 0.717) is 45.7 Å². The first kappa shape index (κ1) is 24.5. The fraction of sp³-hybridized carbons (Fsp3) is 0.250. The molecule has 4 rings (SSSR count). The molecular weight excluding hydrogens is 464 g/mol. The normalized spacial score (nSPS) is 17.3. The second-order valence-electron chi connectivity index (χ2n) is 9.02. The van der Waals surface area contributed by atoms with Crippen LogP contribution in [-0.4, -0.2) is 28.4 Å². The SMILES string of the molecule is Cc1cc(/C(O)=C2\C(=O)C(=O)N(c3cccc(Cl)c3C)C2c2cccnc2)ccc1OCC(C)C. The summed E-state index contributed by atoms with van der Waals surface area (Å²) in [5.41, 5.74) is 2.99. The van der Waals surface area contributed by atoms with Gasteiger partial charge in [-0.05, 0) is 72.9 Å². The number of hydrogen-bond donors (Lipinski definition) is 1. The first-order valence-corrected chi connectivity index (χ1v) is 11.8. The molecule has 1 N–H and O–H groups in total. The molecule has 2 heterocycles. The smallest absolute Gasteiger partial charge is 0.300 e. The summed E-state index contributed by atoms with van der Waals surface area (Å²) in [6.45, 7) is 8.36. The highest BCUT2D eigenvalue weighted by Crippen LogP contribution is 2.44. The van der Waals surface area contributed by atoms with Gasteiger partial charge in [0, 0.05) is 28.7 Å². The van der Waals surface area contributed by atoms with E-state index in [-0.39, 0.29) is 11.3 Å². The van der Waals surface area contributed by atoms with Gasteiger partial charge in [-0.1, -0.05) is 37.6 Å². The van der Waals surface area contributed by atoms with E-state index in [1.165, 1.54) is 4.90 Å². The van der Waals surface area contributed by atoms with Crippen molar-refractivity contribution in [2.75, 3.05) is 11.5 Å². The summed E-state index contributed by atoms with van der Waals surface area (Å²) in [6.07, 6.45) is 3.20. The molecular formula is C28H27ClN2O4. The second kappa shape index (κ2) is 9.92. The lowest BCUT2D eigenvalue weighted by Crippen LogP contribution is -2.30. The molecule has 1 amide bonds. The molecule has 6 nitrogen and oxygen atoms in total. The van der Waals surface area contributed by atoms with Gasteiger partial charge < -0.3 is 9.84 Å². The van der Waals surface area contributed by atoms with Gasteiger partial charge in [0.15, 0.2) is 0 Å². The van der Waals surface area contributed by atoms with Gasteiger partial charge in [-0.15, -0.1) is 0 Å². The van der Waals surface area contributed by atoms with Gasteiger partial charge in [-0.3, -0.25) is 19.5 Å². The van der Waals surface area contributed by atoms with E-state index >= 15 is 0 Å². The molecule has 1 aliphatic heterocycles. The summed E-state index contributed by atoms with van der Waals surface area (Å²) in [5.74, 6) is -0.687. The van der Waals surface area contributed by atoms with Crippen LogP contribution in [0.4, 0.5) is 5.69 Å². The Balaban J connectivity index is 1.87. The maximum Gasteiger partial charge on any atom is 0.300 e. The highest BCUT2D eigenvalue weighted by atomic mass is 35.5. The molecule has 0 saturated carbocycles. The van der Waals surface area contributed by atoms with Crippen LogP contribution in [-0.2, 0) is 9.59 Å². The average Bonchev–Trinajstić information content (AvgIpc) is 3.10. The third kappa shape index (κ3) is 4.66.